The van der Waals surface area contributed by atoms with E-state index in [4.69, 9.17) is 0 Å². The van der Waals surface area contributed by atoms with Crippen molar-refractivity contribution in [3.63, 3.8) is 0 Å². The molecular weight excluding hydrogens is 180 g/mol. The highest BCUT2D eigenvalue weighted by Crippen LogP contribution is 2.16. The number of anilines is 1. The second kappa shape index (κ2) is 4.53. The van der Waals surface area contributed by atoms with E-state index in [2.05, 4.69) is 34.9 Å². The number of thioether (sulfide) groups is 1. The quantitative estimate of drug-likeness (QED) is 0.750. The van der Waals surface area contributed by atoms with Gasteiger partial charge in [-0.25, -0.2) is 0 Å². The number of rotatable bonds is 2. The van der Waals surface area contributed by atoms with E-state index >= 15 is 0 Å². The minimum absolute atomic E-state index is 0.524. The van der Waals surface area contributed by atoms with E-state index in [-0.39, 0.29) is 0 Å². The summed E-state index contributed by atoms with van der Waals surface area (Å²) in [6.07, 6.45) is 0. The van der Waals surface area contributed by atoms with Crippen molar-refractivity contribution in [3.8, 4) is 0 Å². The first-order valence-corrected chi connectivity index (χ1v) is 5.64. The molecule has 1 aromatic rings. The highest BCUT2D eigenvalue weighted by Gasteiger charge is 2.11. The lowest BCUT2D eigenvalue weighted by Crippen LogP contribution is -2.37. The van der Waals surface area contributed by atoms with Gasteiger partial charge < -0.3 is 10.6 Å². The zero-order valence-electron chi connectivity index (χ0n) is 7.49. The van der Waals surface area contributed by atoms with Crippen molar-refractivity contribution in [3.05, 3.63) is 30.3 Å². The SMILES string of the molecule is c1ccc(NC2CNCCS2)cc1. The molecule has 0 saturated carbocycles. The van der Waals surface area contributed by atoms with Crippen molar-refractivity contribution >= 4 is 17.4 Å². The fourth-order valence-electron chi connectivity index (χ4n) is 1.38. The van der Waals surface area contributed by atoms with Crippen LogP contribution in [0.2, 0.25) is 0 Å². The van der Waals surface area contributed by atoms with E-state index in [0.717, 1.165) is 13.1 Å². The molecule has 0 aromatic heterocycles. The third kappa shape index (κ3) is 2.64. The Hall–Kier alpha value is -0.670. The molecule has 1 aromatic carbocycles. The van der Waals surface area contributed by atoms with Crippen LogP contribution in [0.3, 0.4) is 0 Å². The summed E-state index contributed by atoms with van der Waals surface area (Å²) in [6, 6.07) is 10.4. The van der Waals surface area contributed by atoms with Crippen LogP contribution in [0.1, 0.15) is 0 Å². The van der Waals surface area contributed by atoms with Gasteiger partial charge in [-0.05, 0) is 12.1 Å². The topological polar surface area (TPSA) is 24.1 Å². The lowest BCUT2D eigenvalue weighted by atomic mass is 10.3. The van der Waals surface area contributed by atoms with Gasteiger partial charge in [0.05, 0.1) is 5.37 Å². The van der Waals surface area contributed by atoms with Gasteiger partial charge in [-0.3, -0.25) is 0 Å². The summed E-state index contributed by atoms with van der Waals surface area (Å²) in [7, 11) is 0. The molecule has 1 aliphatic heterocycles. The van der Waals surface area contributed by atoms with E-state index in [0.29, 0.717) is 5.37 Å². The van der Waals surface area contributed by atoms with Gasteiger partial charge in [-0.15, -0.1) is 11.8 Å². The number of hydrogen-bond donors (Lipinski definition) is 2. The first-order chi connectivity index (χ1) is 6.45. The molecule has 0 bridgehead atoms. The number of nitrogens with one attached hydrogen (secondary N) is 2. The van der Waals surface area contributed by atoms with Gasteiger partial charge in [0.15, 0.2) is 0 Å². The lowest BCUT2D eigenvalue weighted by molar-refractivity contribution is 0.701. The van der Waals surface area contributed by atoms with Gasteiger partial charge >= 0.3 is 0 Å². The van der Waals surface area contributed by atoms with E-state index in [1.54, 1.807) is 0 Å². The standard InChI is InChI=1S/C10H14N2S/c1-2-4-9(5-3-1)12-10-8-11-6-7-13-10/h1-5,10-12H,6-8H2. The monoisotopic (exact) mass is 194 g/mol. The molecule has 1 unspecified atom stereocenters. The van der Waals surface area contributed by atoms with Gasteiger partial charge in [-0.1, -0.05) is 18.2 Å². The summed E-state index contributed by atoms with van der Waals surface area (Å²) in [4.78, 5) is 0. The number of hydrogen-bond acceptors (Lipinski definition) is 3. The number of benzene rings is 1. The largest absolute Gasteiger partial charge is 0.372 e. The van der Waals surface area contributed by atoms with E-state index in [1.807, 2.05) is 17.8 Å². The maximum absolute atomic E-state index is 3.48. The zero-order chi connectivity index (χ0) is 8.93. The van der Waals surface area contributed by atoms with Crippen LogP contribution < -0.4 is 10.6 Å². The minimum Gasteiger partial charge on any atom is -0.372 e. The molecule has 2 N–H and O–H groups in total. The molecule has 0 aliphatic carbocycles. The van der Waals surface area contributed by atoms with Crippen molar-refractivity contribution in [2.45, 2.75) is 5.37 Å². The normalized spacial score (nSPS) is 22.6. The Morgan fingerprint density at radius 2 is 2.15 bits per heavy atom. The van der Waals surface area contributed by atoms with Crippen molar-refractivity contribution in [2.75, 3.05) is 24.2 Å². The van der Waals surface area contributed by atoms with E-state index in [1.165, 1.54) is 11.4 Å². The van der Waals surface area contributed by atoms with Crippen LogP contribution in [-0.4, -0.2) is 24.2 Å². The fourth-order valence-corrected chi connectivity index (χ4v) is 2.38. The lowest BCUT2D eigenvalue weighted by Gasteiger charge is -2.24. The molecule has 0 spiro atoms. The van der Waals surface area contributed by atoms with Crippen molar-refractivity contribution in [1.82, 2.24) is 5.32 Å². The van der Waals surface area contributed by atoms with Gasteiger partial charge in [0, 0.05) is 24.5 Å². The van der Waals surface area contributed by atoms with Crippen LogP contribution in [0.15, 0.2) is 30.3 Å². The zero-order valence-corrected chi connectivity index (χ0v) is 8.31. The molecule has 1 fully saturated rings. The Morgan fingerprint density at radius 3 is 2.85 bits per heavy atom. The third-order valence-corrected chi connectivity index (χ3v) is 3.16. The summed E-state index contributed by atoms with van der Waals surface area (Å²) in [5, 5.41) is 7.38. The Kier molecular flexibility index (Phi) is 3.11. The average molecular weight is 194 g/mol. The molecule has 1 aliphatic rings. The average Bonchev–Trinajstić information content (AvgIpc) is 2.21. The van der Waals surface area contributed by atoms with Gasteiger partial charge in [-0.2, -0.15) is 0 Å². The van der Waals surface area contributed by atoms with E-state index < -0.39 is 0 Å². The summed E-state index contributed by atoms with van der Waals surface area (Å²) in [6.45, 7) is 2.19. The third-order valence-electron chi connectivity index (χ3n) is 2.03. The Labute approximate surface area is 83.1 Å². The van der Waals surface area contributed by atoms with Crippen LogP contribution >= 0.6 is 11.8 Å². The Balaban J connectivity index is 1.90. The Morgan fingerprint density at radius 1 is 1.31 bits per heavy atom. The first-order valence-electron chi connectivity index (χ1n) is 4.59. The molecular formula is C10H14N2S. The smallest absolute Gasteiger partial charge is 0.0848 e. The van der Waals surface area contributed by atoms with Crippen LogP contribution in [0.4, 0.5) is 5.69 Å². The highest BCUT2D eigenvalue weighted by atomic mass is 32.2. The maximum Gasteiger partial charge on any atom is 0.0848 e. The molecule has 2 nitrogen and oxygen atoms in total. The fraction of sp³-hybridized carbons (Fsp3) is 0.400. The first kappa shape index (κ1) is 8.91. The van der Waals surface area contributed by atoms with Crippen molar-refractivity contribution < 1.29 is 0 Å². The van der Waals surface area contributed by atoms with Gasteiger partial charge in [0.1, 0.15) is 0 Å². The Bertz CT molecular complexity index is 244. The molecule has 2 rings (SSSR count). The second-order valence-corrected chi connectivity index (χ2v) is 4.38. The van der Waals surface area contributed by atoms with E-state index in [9.17, 15) is 0 Å². The van der Waals surface area contributed by atoms with Crippen LogP contribution in [0.5, 0.6) is 0 Å². The molecule has 70 valence electrons. The maximum atomic E-state index is 3.48. The van der Waals surface area contributed by atoms with Crippen LogP contribution in [0, 0.1) is 0 Å². The molecule has 13 heavy (non-hydrogen) atoms. The molecule has 0 radical (unpaired) electrons. The molecule has 0 amide bonds. The summed E-state index contributed by atoms with van der Waals surface area (Å²) in [5.41, 5.74) is 1.21. The predicted octanol–water partition coefficient (Wildman–Crippen LogP) is 1.76. The second-order valence-electron chi connectivity index (χ2n) is 3.07. The summed E-state index contributed by atoms with van der Waals surface area (Å²) in [5.74, 6) is 1.20. The van der Waals surface area contributed by atoms with Crippen molar-refractivity contribution in [2.24, 2.45) is 0 Å². The number of para-hydroxylation sites is 1. The minimum atomic E-state index is 0.524. The van der Waals surface area contributed by atoms with Crippen molar-refractivity contribution in [1.29, 1.82) is 0 Å². The summed E-state index contributed by atoms with van der Waals surface area (Å²) >= 11 is 1.98. The highest BCUT2D eigenvalue weighted by molar-refractivity contribution is 8.00. The van der Waals surface area contributed by atoms with Gasteiger partial charge in [0.25, 0.3) is 0 Å². The molecule has 1 atom stereocenters. The van der Waals surface area contributed by atoms with Crippen LogP contribution in [-0.2, 0) is 0 Å². The van der Waals surface area contributed by atoms with Crippen LogP contribution in [0.25, 0.3) is 0 Å². The molecule has 3 heteroatoms. The predicted molar refractivity (Wildman–Crippen MR) is 59.2 cm³/mol. The summed E-state index contributed by atoms with van der Waals surface area (Å²) < 4.78 is 0. The van der Waals surface area contributed by atoms with Gasteiger partial charge in [0.2, 0.25) is 0 Å². The molecule has 1 heterocycles. The molecule has 1 saturated heterocycles.